The maximum Gasteiger partial charge on any atom is 0.228 e. The molecule has 2 aromatic rings. The molecule has 1 aliphatic heterocycles. The van der Waals surface area contributed by atoms with E-state index in [0.29, 0.717) is 64.4 Å². The van der Waals surface area contributed by atoms with Crippen molar-refractivity contribution in [3.63, 3.8) is 0 Å². The van der Waals surface area contributed by atoms with Gasteiger partial charge in [-0.25, -0.2) is 4.98 Å². The van der Waals surface area contributed by atoms with Crippen molar-refractivity contribution in [1.29, 1.82) is 0 Å². The molecule has 0 bridgehead atoms. The van der Waals surface area contributed by atoms with E-state index in [1.54, 1.807) is 18.2 Å². The van der Waals surface area contributed by atoms with Crippen molar-refractivity contribution in [3.8, 4) is 11.3 Å². The molecule has 2 heterocycles. The number of nitrogens with two attached hydrogens (primary N) is 1. The summed E-state index contributed by atoms with van der Waals surface area (Å²) in [7, 11) is 0. The molecule has 0 radical (unpaired) electrons. The molecule has 3 rings (SSSR count). The predicted octanol–water partition coefficient (Wildman–Crippen LogP) is 3.52. The topological polar surface area (TPSA) is 64.3 Å². The Morgan fingerprint density at radius 1 is 1.05 bits per heavy atom. The van der Waals surface area contributed by atoms with Gasteiger partial charge in [0.1, 0.15) is 5.82 Å². The highest BCUT2D eigenvalue weighted by molar-refractivity contribution is 6.45. The van der Waals surface area contributed by atoms with Gasteiger partial charge >= 0.3 is 0 Å². The number of hydrogen-bond acceptors (Lipinski definition) is 5. The summed E-state index contributed by atoms with van der Waals surface area (Å²) in [5.74, 6) is 0.907. The summed E-state index contributed by atoms with van der Waals surface area (Å²) in [6.07, 6.45) is 0. The average molecular weight is 360 g/mol. The lowest BCUT2D eigenvalue weighted by Crippen LogP contribution is -2.37. The molecular formula is C14H13Cl3N4O. The molecule has 22 heavy (non-hydrogen) atoms. The van der Waals surface area contributed by atoms with Gasteiger partial charge in [0.25, 0.3) is 0 Å². The van der Waals surface area contributed by atoms with Crippen LogP contribution >= 0.6 is 34.8 Å². The third kappa shape index (κ3) is 3.22. The molecular weight excluding hydrogens is 347 g/mol. The minimum Gasteiger partial charge on any atom is -0.384 e. The number of rotatable bonds is 2. The molecule has 8 heteroatoms. The highest BCUT2D eigenvalue weighted by Crippen LogP contribution is 2.36. The first-order chi connectivity index (χ1) is 10.5. The normalized spacial score (nSPS) is 15.1. The second-order valence-electron chi connectivity index (χ2n) is 4.83. The number of halogens is 3. The second kappa shape index (κ2) is 6.46. The maximum atomic E-state index is 6.26. The first-order valence-corrected chi connectivity index (χ1v) is 7.80. The summed E-state index contributed by atoms with van der Waals surface area (Å²) in [6.45, 7) is 2.70. The van der Waals surface area contributed by atoms with E-state index in [1.807, 2.05) is 4.90 Å². The van der Waals surface area contributed by atoms with E-state index in [0.717, 1.165) is 0 Å². The fourth-order valence-electron chi connectivity index (χ4n) is 2.24. The number of aromatic nitrogens is 2. The lowest BCUT2D eigenvalue weighted by atomic mass is 10.1. The lowest BCUT2D eigenvalue weighted by molar-refractivity contribution is 0.122. The van der Waals surface area contributed by atoms with Gasteiger partial charge in [-0.1, -0.05) is 34.8 Å². The van der Waals surface area contributed by atoms with Crippen LogP contribution in [-0.4, -0.2) is 36.3 Å². The Morgan fingerprint density at radius 3 is 2.50 bits per heavy atom. The van der Waals surface area contributed by atoms with Crippen LogP contribution in [-0.2, 0) is 4.74 Å². The standard InChI is InChI=1S/C14H13Cl3N4O/c15-8-5-9(13(17)10(16)6-8)11-7-12(18)20-14(19-11)21-1-3-22-4-2-21/h5-7H,1-4H2,(H2,18,19,20). The fraction of sp³-hybridized carbons (Fsp3) is 0.286. The van der Waals surface area contributed by atoms with Crippen LogP contribution in [0.25, 0.3) is 11.3 Å². The molecule has 1 saturated heterocycles. The summed E-state index contributed by atoms with van der Waals surface area (Å²) in [5.41, 5.74) is 7.13. The molecule has 2 N–H and O–H groups in total. The predicted molar refractivity (Wildman–Crippen MR) is 89.9 cm³/mol. The molecule has 0 aliphatic carbocycles. The Hall–Kier alpha value is -1.27. The Morgan fingerprint density at radius 2 is 1.77 bits per heavy atom. The van der Waals surface area contributed by atoms with E-state index in [9.17, 15) is 0 Å². The van der Waals surface area contributed by atoms with Crippen LogP contribution in [0.1, 0.15) is 0 Å². The first-order valence-electron chi connectivity index (χ1n) is 6.67. The number of ether oxygens (including phenoxy) is 1. The highest BCUT2D eigenvalue weighted by atomic mass is 35.5. The van der Waals surface area contributed by atoms with E-state index >= 15 is 0 Å². The van der Waals surface area contributed by atoms with Crippen molar-refractivity contribution in [2.24, 2.45) is 0 Å². The Balaban J connectivity index is 2.06. The van der Waals surface area contributed by atoms with Crippen LogP contribution in [0.15, 0.2) is 18.2 Å². The maximum absolute atomic E-state index is 6.26. The van der Waals surface area contributed by atoms with E-state index < -0.39 is 0 Å². The van der Waals surface area contributed by atoms with Gasteiger partial charge in [0.05, 0.1) is 29.0 Å². The number of nitrogens with zero attached hydrogens (tertiary/aromatic N) is 3. The first kappa shape index (κ1) is 15.6. The third-order valence-electron chi connectivity index (χ3n) is 3.30. The molecule has 1 aromatic carbocycles. The van der Waals surface area contributed by atoms with E-state index in [-0.39, 0.29) is 0 Å². The van der Waals surface area contributed by atoms with Gasteiger partial charge in [0.15, 0.2) is 0 Å². The van der Waals surface area contributed by atoms with Crippen LogP contribution in [0.4, 0.5) is 11.8 Å². The molecule has 116 valence electrons. The number of nitrogen functional groups attached to an aromatic ring is 1. The van der Waals surface area contributed by atoms with Crippen molar-refractivity contribution in [2.75, 3.05) is 36.9 Å². The SMILES string of the molecule is Nc1cc(-c2cc(Cl)cc(Cl)c2Cl)nc(N2CCOCC2)n1. The van der Waals surface area contributed by atoms with Crippen LogP contribution < -0.4 is 10.6 Å². The van der Waals surface area contributed by atoms with Gasteiger partial charge in [0.2, 0.25) is 5.95 Å². The molecule has 1 aromatic heterocycles. The van der Waals surface area contributed by atoms with Crippen molar-refractivity contribution >= 4 is 46.6 Å². The summed E-state index contributed by atoms with van der Waals surface area (Å²) in [5, 5.41) is 1.24. The molecule has 0 unspecified atom stereocenters. The van der Waals surface area contributed by atoms with Crippen LogP contribution in [0.3, 0.4) is 0 Å². The lowest BCUT2D eigenvalue weighted by Gasteiger charge is -2.27. The summed E-state index contributed by atoms with van der Waals surface area (Å²) >= 11 is 18.4. The van der Waals surface area contributed by atoms with Crippen molar-refractivity contribution < 1.29 is 4.74 Å². The quantitative estimate of drug-likeness (QED) is 0.831. The Labute approximate surface area is 143 Å². The van der Waals surface area contributed by atoms with Gasteiger partial charge in [-0.15, -0.1) is 0 Å². The van der Waals surface area contributed by atoms with E-state index in [2.05, 4.69) is 9.97 Å². The monoisotopic (exact) mass is 358 g/mol. The van der Waals surface area contributed by atoms with Gasteiger partial charge in [0, 0.05) is 29.7 Å². The van der Waals surface area contributed by atoms with Gasteiger partial charge in [-0.05, 0) is 12.1 Å². The fourth-order valence-corrected chi connectivity index (χ4v) is 2.94. The molecule has 1 aliphatic rings. The summed E-state index contributed by atoms with van der Waals surface area (Å²) in [6, 6.07) is 4.95. The number of hydrogen-bond donors (Lipinski definition) is 1. The van der Waals surface area contributed by atoms with Crippen molar-refractivity contribution in [3.05, 3.63) is 33.3 Å². The average Bonchev–Trinajstić information content (AvgIpc) is 2.51. The minimum atomic E-state index is 0.360. The van der Waals surface area contributed by atoms with E-state index in [4.69, 9.17) is 45.3 Å². The highest BCUT2D eigenvalue weighted by Gasteiger charge is 2.17. The van der Waals surface area contributed by atoms with Crippen LogP contribution in [0.5, 0.6) is 0 Å². The van der Waals surface area contributed by atoms with Crippen molar-refractivity contribution in [1.82, 2.24) is 9.97 Å². The molecule has 5 nitrogen and oxygen atoms in total. The zero-order valence-electron chi connectivity index (χ0n) is 11.5. The second-order valence-corrected chi connectivity index (χ2v) is 6.05. The van der Waals surface area contributed by atoms with Gasteiger partial charge < -0.3 is 15.4 Å². The largest absolute Gasteiger partial charge is 0.384 e. The number of benzene rings is 1. The van der Waals surface area contributed by atoms with E-state index in [1.165, 1.54) is 0 Å². The Kier molecular flexibility index (Phi) is 4.59. The third-order valence-corrected chi connectivity index (χ3v) is 4.32. The van der Waals surface area contributed by atoms with Gasteiger partial charge in [-0.3, -0.25) is 0 Å². The minimum absolute atomic E-state index is 0.360. The number of anilines is 2. The molecule has 1 fully saturated rings. The van der Waals surface area contributed by atoms with Gasteiger partial charge in [-0.2, -0.15) is 4.98 Å². The van der Waals surface area contributed by atoms with Crippen molar-refractivity contribution in [2.45, 2.75) is 0 Å². The number of morpholine rings is 1. The van der Waals surface area contributed by atoms with Crippen LogP contribution in [0, 0.1) is 0 Å². The smallest absolute Gasteiger partial charge is 0.228 e. The summed E-state index contributed by atoms with van der Waals surface area (Å²) in [4.78, 5) is 10.9. The molecule has 0 saturated carbocycles. The molecule has 0 atom stereocenters. The van der Waals surface area contributed by atoms with Crippen LogP contribution in [0.2, 0.25) is 15.1 Å². The molecule has 0 spiro atoms. The summed E-state index contributed by atoms with van der Waals surface area (Å²) < 4.78 is 5.33. The zero-order chi connectivity index (χ0) is 15.7. The Bertz CT molecular complexity index is 705. The zero-order valence-corrected chi connectivity index (χ0v) is 13.8. The molecule has 0 amide bonds.